The molecule has 0 radical (unpaired) electrons. The molecule has 0 N–H and O–H groups in total. The van der Waals surface area contributed by atoms with E-state index < -0.39 is 5.92 Å². The van der Waals surface area contributed by atoms with Crippen LogP contribution in [0.4, 0.5) is 4.79 Å². The van der Waals surface area contributed by atoms with Crippen LogP contribution in [0.2, 0.25) is 0 Å². The van der Waals surface area contributed by atoms with E-state index in [2.05, 4.69) is 13.8 Å². The van der Waals surface area contributed by atoms with Crippen molar-refractivity contribution in [1.29, 1.82) is 0 Å². The lowest BCUT2D eigenvalue weighted by Crippen LogP contribution is -2.54. The first-order chi connectivity index (χ1) is 15.9. The van der Waals surface area contributed by atoms with Crippen LogP contribution in [0.15, 0.2) is 41.8 Å². The molecule has 33 heavy (non-hydrogen) atoms. The number of nitrogens with zero attached hydrogens (tertiary/aromatic N) is 3. The van der Waals surface area contributed by atoms with E-state index >= 15 is 0 Å². The van der Waals surface area contributed by atoms with Crippen LogP contribution in [0.5, 0.6) is 0 Å². The van der Waals surface area contributed by atoms with Gasteiger partial charge < -0.3 is 19.4 Å². The number of hydrogen-bond acceptors (Lipinski definition) is 5. The summed E-state index contributed by atoms with van der Waals surface area (Å²) in [5, 5.41) is 1.99. The molecule has 176 valence electrons. The molecule has 1 aromatic carbocycles. The van der Waals surface area contributed by atoms with Gasteiger partial charge in [0.25, 0.3) is 5.91 Å². The number of fused-ring (bicyclic) bond motifs is 1. The fourth-order valence-corrected chi connectivity index (χ4v) is 5.62. The molecule has 3 heterocycles. The normalized spacial score (nSPS) is 20.7. The number of ether oxygens (including phenoxy) is 1. The standard InChI is InChI=1S/C25H31N3O4S/c1-4-32-25(31)27-13-11-26(12-14-27)24(30)21-18-8-5-6-9-19(18)23(29)28(16-17(2)3)22(21)20-10-7-15-33-20/h5-10,15,17,21-22H,4,11-14,16H2,1-3H3/t21-,22-/m0/s1. The second-order valence-electron chi connectivity index (χ2n) is 8.89. The maximum Gasteiger partial charge on any atom is 0.409 e. The molecule has 0 aliphatic carbocycles. The quantitative estimate of drug-likeness (QED) is 0.664. The van der Waals surface area contributed by atoms with Crippen molar-refractivity contribution < 1.29 is 19.1 Å². The first-order valence-corrected chi connectivity index (χ1v) is 12.4. The molecule has 1 fully saturated rings. The highest BCUT2D eigenvalue weighted by Gasteiger charge is 2.46. The number of thiophene rings is 1. The monoisotopic (exact) mass is 469 g/mol. The molecule has 2 aliphatic rings. The van der Waals surface area contributed by atoms with Gasteiger partial charge >= 0.3 is 6.09 Å². The van der Waals surface area contributed by atoms with Gasteiger partial charge in [-0.1, -0.05) is 38.1 Å². The lowest BCUT2D eigenvalue weighted by molar-refractivity contribution is -0.136. The average molecular weight is 470 g/mol. The van der Waals surface area contributed by atoms with Crippen molar-refractivity contribution >= 4 is 29.2 Å². The summed E-state index contributed by atoms with van der Waals surface area (Å²) in [4.78, 5) is 46.0. The molecule has 2 aromatic rings. The Kier molecular flexibility index (Phi) is 7.02. The van der Waals surface area contributed by atoms with Gasteiger partial charge in [0.1, 0.15) is 0 Å². The third-order valence-corrected chi connectivity index (χ3v) is 7.16. The van der Waals surface area contributed by atoms with Crippen molar-refractivity contribution in [1.82, 2.24) is 14.7 Å². The van der Waals surface area contributed by atoms with Crippen molar-refractivity contribution in [3.63, 3.8) is 0 Å². The summed E-state index contributed by atoms with van der Waals surface area (Å²) in [6, 6.07) is 11.1. The van der Waals surface area contributed by atoms with Crippen molar-refractivity contribution in [2.75, 3.05) is 39.3 Å². The Balaban J connectivity index is 1.68. The van der Waals surface area contributed by atoms with Crippen molar-refractivity contribution in [2.24, 2.45) is 5.92 Å². The Morgan fingerprint density at radius 2 is 1.76 bits per heavy atom. The summed E-state index contributed by atoms with van der Waals surface area (Å²) in [6.45, 7) is 8.66. The highest BCUT2D eigenvalue weighted by molar-refractivity contribution is 7.10. The zero-order valence-corrected chi connectivity index (χ0v) is 20.2. The molecule has 8 heteroatoms. The largest absolute Gasteiger partial charge is 0.450 e. The Hall–Kier alpha value is -2.87. The summed E-state index contributed by atoms with van der Waals surface area (Å²) in [5.74, 6) is -0.226. The van der Waals surface area contributed by atoms with Crippen LogP contribution in [0.25, 0.3) is 0 Å². The van der Waals surface area contributed by atoms with E-state index in [4.69, 9.17) is 4.74 Å². The Bertz CT molecular complexity index is 999. The van der Waals surface area contributed by atoms with Crippen LogP contribution >= 0.6 is 11.3 Å². The Morgan fingerprint density at radius 3 is 2.39 bits per heavy atom. The molecule has 0 spiro atoms. The lowest BCUT2D eigenvalue weighted by Gasteiger charge is -2.44. The minimum Gasteiger partial charge on any atom is -0.450 e. The first kappa shape index (κ1) is 23.3. The van der Waals surface area contributed by atoms with E-state index in [0.717, 1.165) is 10.4 Å². The molecule has 3 amide bonds. The van der Waals surface area contributed by atoms with E-state index in [-0.39, 0.29) is 29.9 Å². The zero-order valence-electron chi connectivity index (χ0n) is 19.4. The highest BCUT2D eigenvalue weighted by Crippen LogP contribution is 2.45. The third-order valence-electron chi connectivity index (χ3n) is 6.22. The summed E-state index contributed by atoms with van der Waals surface area (Å²) < 4.78 is 5.11. The molecule has 0 saturated carbocycles. The molecule has 0 unspecified atom stereocenters. The molecular weight excluding hydrogens is 438 g/mol. The minimum atomic E-state index is -0.481. The van der Waals surface area contributed by atoms with Crippen LogP contribution < -0.4 is 0 Å². The van der Waals surface area contributed by atoms with Crippen molar-refractivity contribution in [2.45, 2.75) is 32.7 Å². The van der Waals surface area contributed by atoms with Gasteiger partial charge in [-0.05, 0) is 35.9 Å². The summed E-state index contributed by atoms with van der Waals surface area (Å²) >= 11 is 1.58. The zero-order chi connectivity index (χ0) is 23.5. The van der Waals surface area contributed by atoms with Crippen molar-refractivity contribution in [3.8, 4) is 0 Å². The van der Waals surface area contributed by atoms with Gasteiger partial charge in [0.05, 0.1) is 18.6 Å². The van der Waals surface area contributed by atoms with E-state index in [0.29, 0.717) is 44.9 Å². The second kappa shape index (κ2) is 9.95. The first-order valence-electron chi connectivity index (χ1n) is 11.6. The minimum absolute atomic E-state index is 0.00520. The molecule has 0 bridgehead atoms. The Labute approximate surface area is 198 Å². The van der Waals surface area contributed by atoms with Gasteiger partial charge in [-0.15, -0.1) is 11.3 Å². The number of carbonyl (C=O) groups is 3. The number of rotatable bonds is 5. The Morgan fingerprint density at radius 1 is 1.06 bits per heavy atom. The topological polar surface area (TPSA) is 70.2 Å². The van der Waals surface area contributed by atoms with E-state index in [1.807, 2.05) is 51.6 Å². The fourth-order valence-electron chi connectivity index (χ4n) is 4.75. The SMILES string of the molecule is CCOC(=O)N1CCN(C(=O)[C@H]2c3ccccc3C(=O)N(CC(C)C)[C@H]2c2cccs2)CC1. The average Bonchev–Trinajstić information content (AvgIpc) is 3.35. The summed E-state index contributed by atoms with van der Waals surface area (Å²) in [5.41, 5.74) is 1.40. The summed E-state index contributed by atoms with van der Waals surface area (Å²) in [7, 11) is 0. The predicted octanol–water partition coefficient (Wildman–Crippen LogP) is 3.99. The number of carbonyl (C=O) groups excluding carboxylic acids is 3. The van der Waals surface area contributed by atoms with E-state index in [1.165, 1.54) is 0 Å². The molecule has 1 aromatic heterocycles. The molecule has 4 rings (SSSR count). The smallest absolute Gasteiger partial charge is 0.409 e. The van der Waals surface area contributed by atoms with Gasteiger partial charge in [0, 0.05) is 43.2 Å². The van der Waals surface area contributed by atoms with Gasteiger partial charge in [0.15, 0.2) is 0 Å². The van der Waals surface area contributed by atoms with Gasteiger partial charge in [0.2, 0.25) is 5.91 Å². The van der Waals surface area contributed by atoms with Gasteiger partial charge in [-0.25, -0.2) is 4.79 Å². The van der Waals surface area contributed by atoms with Crippen LogP contribution in [0.1, 0.15) is 53.5 Å². The van der Waals surface area contributed by atoms with Gasteiger partial charge in [-0.2, -0.15) is 0 Å². The third kappa shape index (κ3) is 4.62. The van der Waals surface area contributed by atoms with Crippen LogP contribution in [0, 0.1) is 5.92 Å². The second-order valence-corrected chi connectivity index (χ2v) is 9.87. The predicted molar refractivity (Wildman–Crippen MR) is 127 cm³/mol. The van der Waals surface area contributed by atoms with Crippen LogP contribution in [-0.2, 0) is 9.53 Å². The van der Waals surface area contributed by atoms with E-state index in [1.54, 1.807) is 23.2 Å². The molecule has 7 nitrogen and oxygen atoms in total. The molecule has 1 saturated heterocycles. The van der Waals surface area contributed by atoms with Crippen molar-refractivity contribution in [3.05, 3.63) is 57.8 Å². The number of piperazine rings is 1. The fraction of sp³-hybridized carbons (Fsp3) is 0.480. The van der Waals surface area contributed by atoms with Gasteiger partial charge in [-0.3, -0.25) is 9.59 Å². The van der Waals surface area contributed by atoms with Crippen LogP contribution in [-0.4, -0.2) is 71.9 Å². The molecular formula is C25H31N3O4S. The molecule has 2 aliphatic heterocycles. The number of hydrogen-bond donors (Lipinski definition) is 0. The maximum absolute atomic E-state index is 14.0. The lowest BCUT2D eigenvalue weighted by atomic mass is 9.80. The number of benzene rings is 1. The highest BCUT2D eigenvalue weighted by atomic mass is 32.1. The van der Waals surface area contributed by atoms with Crippen LogP contribution in [0.3, 0.4) is 0 Å². The molecule has 2 atom stereocenters. The number of amides is 3. The maximum atomic E-state index is 14.0. The summed E-state index contributed by atoms with van der Waals surface area (Å²) in [6.07, 6.45) is -0.335. The van der Waals surface area contributed by atoms with E-state index in [9.17, 15) is 14.4 Å².